The van der Waals surface area contributed by atoms with E-state index in [2.05, 4.69) is 56.7 Å². The molecule has 0 radical (unpaired) electrons. The van der Waals surface area contributed by atoms with Crippen LogP contribution in [0, 0.1) is 11.8 Å². The van der Waals surface area contributed by atoms with Crippen LogP contribution in [0.4, 0.5) is 0 Å². The Hall–Kier alpha value is -1.11. The first-order valence-corrected chi connectivity index (χ1v) is 7.77. The van der Waals surface area contributed by atoms with E-state index in [1.807, 2.05) is 6.20 Å². The first-order chi connectivity index (χ1) is 8.56. The van der Waals surface area contributed by atoms with Crippen molar-refractivity contribution in [1.82, 2.24) is 4.98 Å². The lowest BCUT2D eigenvalue weighted by Crippen LogP contribution is -1.81. The topological polar surface area (TPSA) is 12.9 Å². The smallest absolute Gasteiger partial charge is 0.0973 e. The average molecular weight is 275 g/mol. The third kappa shape index (κ3) is 3.22. The Balaban J connectivity index is 2.15. The SMILES string of the molecule is CC(C)c1ccc(C#Cc2cnc(C(C)C)s2)s1. The summed E-state index contributed by atoms with van der Waals surface area (Å²) in [6.07, 6.45) is 1.88. The largest absolute Gasteiger partial charge is 0.248 e. The minimum absolute atomic E-state index is 0.486. The lowest BCUT2D eigenvalue weighted by atomic mass is 10.2. The molecule has 0 aliphatic carbocycles. The van der Waals surface area contributed by atoms with Crippen molar-refractivity contribution in [2.45, 2.75) is 39.5 Å². The molecule has 0 aromatic carbocycles. The van der Waals surface area contributed by atoms with Gasteiger partial charge in [0.25, 0.3) is 0 Å². The molecule has 1 nitrogen and oxygen atoms in total. The number of rotatable bonds is 2. The summed E-state index contributed by atoms with van der Waals surface area (Å²) in [4.78, 5) is 7.97. The lowest BCUT2D eigenvalue weighted by molar-refractivity contribution is 0.852. The molecule has 0 aliphatic heterocycles. The third-order valence-corrected chi connectivity index (χ3v) is 5.04. The molecule has 3 heteroatoms. The van der Waals surface area contributed by atoms with E-state index < -0.39 is 0 Å². The van der Waals surface area contributed by atoms with Crippen molar-refractivity contribution in [1.29, 1.82) is 0 Å². The number of thiazole rings is 1. The zero-order valence-corrected chi connectivity index (χ0v) is 12.8. The van der Waals surface area contributed by atoms with Crippen LogP contribution in [0.3, 0.4) is 0 Å². The zero-order valence-electron chi connectivity index (χ0n) is 11.2. The monoisotopic (exact) mass is 275 g/mol. The van der Waals surface area contributed by atoms with Gasteiger partial charge in [-0.3, -0.25) is 0 Å². The minimum atomic E-state index is 0.486. The molecule has 18 heavy (non-hydrogen) atoms. The molecular formula is C15H17NS2. The molecule has 0 aliphatic rings. The Bertz CT molecular complexity index is 529. The number of hydrogen-bond donors (Lipinski definition) is 0. The van der Waals surface area contributed by atoms with Gasteiger partial charge in [-0.2, -0.15) is 0 Å². The molecule has 2 rings (SSSR count). The quantitative estimate of drug-likeness (QED) is 0.714. The summed E-state index contributed by atoms with van der Waals surface area (Å²) in [7, 11) is 0. The maximum atomic E-state index is 4.38. The highest BCUT2D eigenvalue weighted by Crippen LogP contribution is 2.24. The van der Waals surface area contributed by atoms with E-state index in [0.29, 0.717) is 11.8 Å². The van der Waals surface area contributed by atoms with Crippen LogP contribution in [0.1, 0.15) is 59.2 Å². The standard InChI is InChI=1S/C15H17NS2/c1-10(2)14-8-7-12(17-14)5-6-13-9-16-15(18-13)11(3)4/h7-11H,1-4H3. The molecule has 0 amide bonds. The first kappa shape index (κ1) is 13.3. The highest BCUT2D eigenvalue weighted by molar-refractivity contribution is 7.13. The summed E-state index contributed by atoms with van der Waals surface area (Å²) in [5.41, 5.74) is 0. The maximum Gasteiger partial charge on any atom is 0.0973 e. The second-order valence-electron chi connectivity index (χ2n) is 4.82. The molecule has 0 spiro atoms. The van der Waals surface area contributed by atoms with Gasteiger partial charge in [-0.25, -0.2) is 4.98 Å². The normalized spacial score (nSPS) is 10.8. The van der Waals surface area contributed by atoms with Crippen molar-refractivity contribution < 1.29 is 0 Å². The summed E-state index contributed by atoms with van der Waals surface area (Å²) in [6.45, 7) is 8.73. The molecule has 2 aromatic heterocycles. The zero-order chi connectivity index (χ0) is 13.1. The Morgan fingerprint density at radius 2 is 1.67 bits per heavy atom. The van der Waals surface area contributed by atoms with Crippen molar-refractivity contribution in [3.05, 3.63) is 38.0 Å². The molecule has 0 N–H and O–H groups in total. The fourth-order valence-electron chi connectivity index (χ4n) is 1.47. The molecule has 94 valence electrons. The van der Waals surface area contributed by atoms with Crippen molar-refractivity contribution >= 4 is 22.7 Å². The van der Waals surface area contributed by atoms with Crippen molar-refractivity contribution in [2.24, 2.45) is 0 Å². The molecule has 0 saturated heterocycles. The van der Waals surface area contributed by atoms with E-state index in [1.54, 1.807) is 22.7 Å². The second-order valence-corrected chi connectivity index (χ2v) is 7.00. The van der Waals surface area contributed by atoms with Gasteiger partial charge in [-0.15, -0.1) is 22.7 Å². The molecular weight excluding hydrogens is 258 g/mol. The number of nitrogens with zero attached hydrogens (tertiary/aromatic N) is 1. The van der Waals surface area contributed by atoms with Crippen LogP contribution in [0.2, 0.25) is 0 Å². The van der Waals surface area contributed by atoms with Gasteiger partial charge in [0.2, 0.25) is 0 Å². The molecule has 2 heterocycles. The van der Waals surface area contributed by atoms with Gasteiger partial charge in [-0.05, 0) is 29.9 Å². The van der Waals surface area contributed by atoms with E-state index in [-0.39, 0.29) is 0 Å². The number of thiophene rings is 1. The fraction of sp³-hybridized carbons (Fsp3) is 0.400. The Morgan fingerprint density at radius 1 is 0.944 bits per heavy atom. The van der Waals surface area contributed by atoms with Crippen LogP contribution in [0.15, 0.2) is 18.3 Å². The van der Waals surface area contributed by atoms with Crippen LogP contribution < -0.4 is 0 Å². The van der Waals surface area contributed by atoms with Crippen molar-refractivity contribution in [2.75, 3.05) is 0 Å². The van der Waals surface area contributed by atoms with Gasteiger partial charge in [-0.1, -0.05) is 27.7 Å². The first-order valence-electron chi connectivity index (χ1n) is 6.13. The predicted octanol–water partition coefficient (Wildman–Crippen LogP) is 4.85. The highest BCUT2D eigenvalue weighted by atomic mass is 32.1. The van der Waals surface area contributed by atoms with Gasteiger partial charge in [0.15, 0.2) is 0 Å². The number of hydrogen-bond acceptors (Lipinski definition) is 3. The van der Waals surface area contributed by atoms with Crippen LogP contribution in [0.25, 0.3) is 0 Å². The molecule has 0 fully saturated rings. The Kier molecular flexibility index (Phi) is 4.21. The van der Waals surface area contributed by atoms with Gasteiger partial charge in [0, 0.05) is 10.8 Å². The fourth-order valence-corrected chi connectivity index (χ4v) is 3.10. The summed E-state index contributed by atoms with van der Waals surface area (Å²) in [6, 6.07) is 4.28. The highest BCUT2D eigenvalue weighted by Gasteiger charge is 2.04. The van der Waals surface area contributed by atoms with Crippen LogP contribution >= 0.6 is 22.7 Å². The van der Waals surface area contributed by atoms with E-state index in [9.17, 15) is 0 Å². The predicted molar refractivity (Wildman–Crippen MR) is 80.6 cm³/mol. The van der Waals surface area contributed by atoms with E-state index >= 15 is 0 Å². The minimum Gasteiger partial charge on any atom is -0.248 e. The summed E-state index contributed by atoms with van der Waals surface area (Å²) in [5, 5.41) is 1.16. The van der Waals surface area contributed by atoms with Gasteiger partial charge in [0.1, 0.15) is 0 Å². The van der Waals surface area contributed by atoms with E-state index in [4.69, 9.17) is 0 Å². The van der Waals surface area contributed by atoms with Crippen LogP contribution in [0.5, 0.6) is 0 Å². The van der Waals surface area contributed by atoms with Crippen LogP contribution in [-0.2, 0) is 0 Å². The van der Waals surface area contributed by atoms with E-state index in [0.717, 1.165) is 14.8 Å². The molecule has 0 saturated carbocycles. The van der Waals surface area contributed by atoms with E-state index in [1.165, 1.54) is 4.88 Å². The summed E-state index contributed by atoms with van der Waals surface area (Å²) >= 11 is 3.48. The third-order valence-electron chi connectivity index (χ3n) is 2.52. The Labute approximate surface area is 117 Å². The molecule has 0 unspecified atom stereocenters. The van der Waals surface area contributed by atoms with Gasteiger partial charge in [0.05, 0.1) is 21.0 Å². The maximum absolute atomic E-state index is 4.38. The van der Waals surface area contributed by atoms with Gasteiger partial charge >= 0.3 is 0 Å². The second kappa shape index (κ2) is 5.69. The average Bonchev–Trinajstić information content (AvgIpc) is 2.95. The molecule has 0 bridgehead atoms. The number of aromatic nitrogens is 1. The van der Waals surface area contributed by atoms with Crippen molar-refractivity contribution in [3.63, 3.8) is 0 Å². The Morgan fingerprint density at radius 3 is 2.22 bits per heavy atom. The molecule has 0 atom stereocenters. The van der Waals surface area contributed by atoms with Gasteiger partial charge < -0.3 is 0 Å². The summed E-state index contributed by atoms with van der Waals surface area (Å²) < 4.78 is 0. The van der Waals surface area contributed by atoms with Crippen molar-refractivity contribution in [3.8, 4) is 11.8 Å². The van der Waals surface area contributed by atoms with Crippen LogP contribution in [-0.4, -0.2) is 4.98 Å². The summed E-state index contributed by atoms with van der Waals surface area (Å²) in [5.74, 6) is 7.50. The lowest BCUT2D eigenvalue weighted by Gasteiger charge is -1.96. The molecule has 2 aromatic rings.